The van der Waals surface area contributed by atoms with E-state index in [1.807, 2.05) is 13.8 Å². The summed E-state index contributed by atoms with van der Waals surface area (Å²) in [4.78, 5) is 11.7. The van der Waals surface area contributed by atoms with Gasteiger partial charge in [-0.1, -0.05) is 0 Å². The fourth-order valence-electron chi connectivity index (χ4n) is 1.52. The summed E-state index contributed by atoms with van der Waals surface area (Å²) in [5.41, 5.74) is 0.449. The summed E-state index contributed by atoms with van der Waals surface area (Å²) in [7, 11) is 0. The minimum absolute atomic E-state index is 0.133. The van der Waals surface area contributed by atoms with E-state index >= 15 is 0 Å². The Morgan fingerprint density at radius 3 is 2.61 bits per heavy atom. The van der Waals surface area contributed by atoms with Crippen LogP contribution in [0.3, 0.4) is 0 Å². The second kappa shape index (κ2) is 7.71. The Labute approximate surface area is 108 Å². The average molecular weight is 252 g/mol. The van der Waals surface area contributed by atoms with Crippen LogP contribution in [-0.4, -0.2) is 30.4 Å². The van der Waals surface area contributed by atoms with Gasteiger partial charge in [-0.25, -0.2) is 4.79 Å². The van der Waals surface area contributed by atoms with Crippen molar-refractivity contribution in [2.24, 2.45) is 0 Å². The molecule has 0 aliphatic carbocycles. The molecule has 0 radical (unpaired) electrons. The average Bonchev–Trinajstić information content (AvgIpc) is 2.35. The van der Waals surface area contributed by atoms with Gasteiger partial charge >= 0.3 is 5.97 Å². The highest BCUT2D eigenvalue weighted by Crippen LogP contribution is 2.12. The fourth-order valence-corrected chi connectivity index (χ4v) is 1.52. The van der Waals surface area contributed by atoms with Gasteiger partial charge in [0.2, 0.25) is 0 Å². The maximum atomic E-state index is 11.7. The highest BCUT2D eigenvalue weighted by molar-refractivity contribution is 5.89. The molecule has 4 nitrogen and oxygen atoms in total. The van der Waals surface area contributed by atoms with Gasteiger partial charge in [0, 0.05) is 13.2 Å². The predicted octanol–water partition coefficient (Wildman–Crippen LogP) is 2.75. The van der Waals surface area contributed by atoms with Crippen LogP contribution in [0.15, 0.2) is 24.3 Å². The largest absolute Gasteiger partial charge is 0.508 e. The zero-order chi connectivity index (χ0) is 13.4. The van der Waals surface area contributed by atoms with Gasteiger partial charge in [-0.05, 0) is 51.0 Å². The summed E-state index contributed by atoms with van der Waals surface area (Å²) in [5, 5.41) is 9.12. The van der Waals surface area contributed by atoms with E-state index in [0.29, 0.717) is 18.8 Å². The normalized spacial score (nSPS) is 12.1. The minimum atomic E-state index is -0.362. The highest BCUT2D eigenvalue weighted by atomic mass is 16.5. The van der Waals surface area contributed by atoms with Crippen LogP contribution in [-0.2, 0) is 9.47 Å². The molecule has 0 saturated heterocycles. The summed E-state index contributed by atoms with van der Waals surface area (Å²) in [6.45, 7) is 5.22. The number of carbonyl (C=O) groups excluding carboxylic acids is 1. The van der Waals surface area contributed by atoms with E-state index in [1.54, 1.807) is 12.1 Å². The van der Waals surface area contributed by atoms with Crippen molar-refractivity contribution < 1.29 is 19.4 Å². The zero-order valence-corrected chi connectivity index (χ0v) is 10.9. The molecule has 1 aromatic carbocycles. The lowest BCUT2D eigenvalue weighted by Gasteiger charge is -2.13. The van der Waals surface area contributed by atoms with Crippen LogP contribution < -0.4 is 0 Å². The van der Waals surface area contributed by atoms with E-state index in [2.05, 4.69) is 0 Å². The van der Waals surface area contributed by atoms with Gasteiger partial charge in [0.15, 0.2) is 0 Å². The van der Waals surface area contributed by atoms with E-state index in [0.717, 1.165) is 12.8 Å². The van der Waals surface area contributed by atoms with Gasteiger partial charge in [0.05, 0.1) is 11.7 Å². The Hall–Kier alpha value is -1.55. The van der Waals surface area contributed by atoms with Gasteiger partial charge in [0.1, 0.15) is 5.75 Å². The molecule has 1 rings (SSSR count). The highest BCUT2D eigenvalue weighted by Gasteiger charge is 2.11. The maximum Gasteiger partial charge on any atom is 0.338 e. The molecule has 1 unspecified atom stereocenters. The SMILES string of the molecule is CCOCCCC(C)OC(=O)c1ccc(O)cc1. The number of hydrogen-bond donors (Lipinski definition) is 1. The summed E-state index contributed by atoms with van der Waals surface area (Å²) >= 11 is 0. The first-order chi connectivity index (χ1) is 8.63. The molecule has 0 heterocycles. The van der Waals surface area contributed by atoms with Gasteiger partial charge in [-0.2, -0.15) is 0 Å². The molecule has 0 bridgehead atoms. The molecule has 100 valence electrons. The number of rotatable bonds is 7. The summed E-state index contributed by atoms with van der Waals surface area (Å²) in [5.74, 6) is -0.227. The maximum absolute atomic E-state index is 11.7. The molecule has 1 atom stereocenters. The summed E-state index contributed by atoms with van der Waals surface area (Å²) < 4.78 is 10.5. The lowest BCUT2D eigenvalue weighted by atomic mass is 10.2. The number of aromatic hydroxyl groups is 1. The van der Waals surface area contributed by atoms with Crippen molar-refractivity contribution in [2.75, 3.05) is 13.2 Å². The Balaban J connectivity index is 2.33. The number of carbonyl (C=O) groups is 1. The van der Waals surface area contributed by atoms with E-state index in [9.17, 15) is 4.79 Å². The number of phenolic OH excluding ortho intramolecular Hbond substituents is 1. The molecule has 0 aliphatic heterocycles. The molecule has 18 heavy (non-hydrogen) atoms. The second-order valence-corrected chi connectivity index (χ2v) is 4.10. The van der Waals surface area contributed by atoms with Crippen LogP contribution in [0, 0.1) is 0 Å². The molecule has 0 aliphatic rings. The summed E-state index contributed by atoms with van der Waals surface area (Å²) in [6.07, 6.45) is 1.52. The van der Waals surface area contributed by atoms with Crippen molar-refractivity contribution in [3.05, 3.63) is 29.8 Å². The van der Waals surface area contributed by atoms with Crippen molar-refractivity contribution in [3.63, 3.8) is 0 Å². The van der Waals surface area contributed by atoms with Crippen LogP contribution in [0.2, 0.25) is 0 Å². The third-order valence-corrected chi connectivity index (χ3v) is 2.51. The molecule has 1 N–H and O–H groups in total. The Morgan fingerprint density at radius 1 is 1.33 bits per heavy atom. The van der Waals surface area contributed by atoms with Crippen molar-refractivity contribution in [3.8, 4) is 5.75 Å². The van der Waals surface area contributed by atoms with Gasteiger partial charge in [-0.3, -0.25) is 0 Å². The van der Waals surface area contributed by atoms with E-state index in [1.165, 1.54) is 12.1 Å². The van der Waals surface area contributed by atoms with Crippen molar-refractivity contribution in [2.45, 2.75) is 32.8 Å². The molecule has 1 aromatic rings. The van der Waals surface area contributed by atoms with Crippen LogP contribution in [0.25, 0.3) is 0 Å². The first-order valence-corrected chi connectivity index (χ1v) is 6.21. The number of hydrogen-bond acceptors (Lipinski definition) is 4. The molecular weight excluding hydrogens is 232 g/mol. The third kappa shape index (κ3) is 5.19. The van der Waals surface area contributed by atoms with Gasteiger partial charge in [-0.15, -0.1) is 0 Å². The summed E-state index contributed by atoms with van der Waals surface area (Å²) in [6, 6.07) is 6.03. The molecule has 0 amide bonds. The number of ether oxygens (including phenoxy) is 2. The molecule has 0 saturated carbocycles. The molecule has 0 fully saturated rings. The van der Waals surface area contributed by atoms with Crippen molar-refractivity contribution in [1.29, 1.82) is 0 Å². The fraction of sp³-hybridized carbons (Fsp3) is 0.500. The number of phenols is 1. The van der Waals surface area contributed by atoms with Crippen LogP contribution in [0.4, 0.5) is 0 Å². The van der Waals surface area contributed by atoms with Crippen LogP contribution >= 0.6 is 0 Å². The van der Waals surface area contributed by atoms with Gasteiger partial charge in [0.25, 0.3) is 0 Å². The van der Waals surface area contributed by atoms with Crippen LogP contribution in [0.1, 0.15) is 37.0 Å². The van der Waals surface area contributed by atoms with Gasteiger partial charge < -0.3 is 14.6 Å². The Bertz CT molecular complexity index is 359. The Morgan fingerprint density at radius 2 is 2.00 bits per heavy atom. The number of benzene rings is 1. The predicted molar refractivity (Wildman–Crippen MR) is 68.7 cm³/mol. The standard InChI is InChI=1S/C14H20O4/c1-3-17-10-4-5-11(2)18-14(16)12-6-8-13(15)9-7-12/h6-9,11,15H,3-5,10H2,1-2H3. The first kappa shape index (κ1) is 14.5. The van der Waals surface area contributed by atoms with E-state index in [4.69, 9.17) is 14.6 Å². The van der Waals surface area contributed by atoms with E-state index in [-0.39, 0.29) is 17.8 Å². The molecule has 4 heteroatoms. The molecular formula is C14H20O4. The van der Waals surface area contributed by atoms with Crippen LogP contribution in [0.5, 0.6) is 5.75 Å². The zero-order valence-electron chi connectivity index (χ0n) is 10.9. The smallest absolute Gasteiger partial charge is 0.338 e. The third-order valence-electron chi connectivity index (χ3n) is 2.51. The topological polar surface area (TPSA) is 55.8 Å². The lowest BCUT2D eigenvalue weighted by molar-refractivity contribution is 0.0297. The molecule has 0 aromatic heterocycles. The monoisotopic (exact) mass is 252 g/mol. The quantitative estimate of drug-likeness (QED) is 0.599. The van der Waals surface area contributed by atoms with E-state index < -0.39 is 0 Å². The first-order valence-electron chi connectivity index (χ1n) is 6.21. The number of esters is 1. The minimum Gasteiger partial charge on any atom is -0.508 e. The molecule has 0 spiro atoms. The second-order valence-electron chi connectivity index (χ2n) is 4.10. The lowest BCUT2D eigenvalue weighted by Crippen LogP contribution is -2.15. The van der Waals surface area contributed by atoms with Crippen molar-refractivity contribution in [1.82, 2.24) is 0 Å². The van der Waals surface area contributed by atoms with Crippen molar-refractivity contribution >= 4 is 5.97 Å². The Kier molecular flexibility index (Phi) is 6.22.